The van der Waals surface area contributed by atoms with E-state index in [9.17, 15) is 4.79 Å². The maximum absolute atomic E-state index is 12.8. The molecule has 0 saturated heterocycles. The molecule has 0 bridgehead atoms. The van der Waals surface area contributed by atoms with Crippen LogP contribution < -0.4 is 15.8 Å². The molecule has 3 rings (SSSR count). The van der Waals surface area contributed by atoms with E-state index in [0.29, 0.717) is 30.8 Å². The molecule has 5 nitrogen and oxygen atoms in total. The highest BCUT2D eigenvalue weighted by Crippen LogP contribution is 2.25. The third kappa shape index (κ3) is 6.09. The highest BCUT2D eigenvalue weighted by Gasteiger charge is 2.16. The standard InChI is InChI=1S/C26H30N2O3/c1-4-20-15-25(27)24(12-11-21(20)17-30-3)26(29)28-16-19-8-6-10-23(14-19)31-22-9-5-7-18(2)13-22/h5-14H,4,15-17,27H2,1-3H3,(H,28,29). The normalized spacial score (nSPS) is 13.9. The maximum atomic E-state index is 12.8. The van der Waals surface area contributed by atoms with Crippen molar-refractivity contribution in [1.82, 2.24) is 5.32 Å². The molecule has 2 aromatic carbocycles. The van der Waals surface area contributed by atoms with Crippen molar-refractivity contribution >= 4 is 5.91 Å². The van der Waals surface area contributed by atoms with Crippen LogP contribution in [0.5, 0.6) is 11.5 Å². The largest absolute Gasteiger partial charge is 0.457 e. The molecule has 0 unspecified atom stereocenters. The van der Waals surface area contributed by atoms with Gasteiger partial charge in [0.15, 0.2) is 0 Å². The lowest BCUT2D eigenvalue weighted by Gasteiger charge is -2.11. The molecule has 0 aliphatic heterocycles. The predicted molar refractivity (Wildman–Crippen MR) is 124 cm³/mol. The summed E-state index contributed by atoms with van der Waals surface area (Å²) < 4.78 is 11.2. The lowest BCUT2D eigenvalue weighted by Crippen LogP contribution is -2.26. The highest BCUT2D eigenvalue weighted by molar-refractivity contribution is 5.97. The number of carbonyl (C=O) groups is 1. The first-order valence-electron chi connectivity index (χ1n) is 10.5. The van der Waals surface area contributed by atoms with Gasteiger partial charge in [-0.25, -0.2) is 0 Å². The molecule has 31 heavy (non-hydrogen) atoms. The van der Waals surface area contributed by atoms with Crippen LogP contribution in [-0.2, 0) is 16.1 Å². The van der Waals surface area contributed by atoms with Gasteiger partial charge in [-0.1, -0.05) is 42.8 Å². The van der Waals surface area contributed by atoms with Crippen molar-refractivity contribution in [2.45, 2.75) is 33.2 Å². The van der Waals surface area contributed by atoms with Gasteiger partial charge in [0.2, 0.25) is 0 Å². The van der Waals surface area contributed by atoms with Gasteiger partial charge in [0.05, 0.1) is 12.2 Å². The first-order chi connectivity index (χ1) is 15.0. The van der Waals surface area contributed by atoms with Crippen molar-refractivity contribution in [3.8, 4) is 11.5 Å². The van der Waals surface area contributed by atoms with Crippen molar-refractivity contribution in [2.24, 2.45) is 5.73 Å². The number of nitrogens with one attached hydrogen (secondary N) is 1. The zero-order chi connectivity index (χ0) is 22.2. The summed E-state index contributed by atoms with van der Waals surface area (Å²) in [6.45, 7) is 5.00. The average Bonchev–Trinajstić information content (AvgIpc) is 2.91. The van der Waals surface area contributed by atoms with Crippen LogP contribution >= 0.6 is 0 Å². The molecule has 1 aliphatic rings. The third-order valence-corrected chi connectivity index (χ3v) is 5.20. The molecular formula is C26H30N2O3. The molecule has 0 saturated carbocycles. The molecule has 1 amide bonds. The number of hydrogen-bond donors (Lipinski definition) is 2. The minimum Gasteiger partial charge on any atom is -0.457 e. The maximum Gasteiger partial charge on any atom is 0.253 e. The van der Waals surface area contributed by atoms with Gasteiger partial charge in [0.1, 0.15) is 11.5 Å². The van der Waals surface area contributed by atoms with Crippen molar-refractivity contribution < 1.29 is 14.3 Å². The van der Waals surface area contributed by atoms with Crippen LogP contribution in [0.3, 0.4) is 0 Å². The fourth-order valence-electron chi connectivity index (χ4n) is 3.54. The first-order valence-corrected chi connectivity index (χ1v) is 10.5. The average molecular weight is 419 g/mol. The number of nitrogens with two attached hydrogens (primary N) is 1. The van der Waals surface area contributed by atoms with Gasteiger partial charge in [0.25, 0.3) is 5.91 Å². The lowest BCUT2D eigenvalue weighted by molar-refractivity contribution is -0.117. The number of allylic oxidation sites excluding steroid dienone is 1. The number of amides is 1. The summed E-state index contributed by atoms with van der Waals surface area (Å²) in [5, 5.41) is 2.97. The minimum atomic E-state index is -0.187. The minimum absolute atomic E-state index is 0.187. The van der Waals surface area contributed by atoms with Crippen LogP contribution in [0, 0.1) is 6.92 Å². The van der Waals surface area contributed by atoms with Gasteiger partial charge in [-0.3, -0.25) is 4.79 Å². The fourth-order valence-corrected chi connectivity index (χ4v) is 3.54. The smallest absolute Gasteiger partial charge is 0.253 e. The zero-order valence-electron chi connectivity index (χ0n) is 18.4. The Morgan fingerprint density at radius 2 is 1.84 bits per heavy atom. The van der Waals surface area contributed by atoms with Gasteiger partial charge in [0, 0.05) is 25.8 Å². The van der Waals surface area contributed by atoms with E-state index in [-0.39, 0.29) is 5.91 Å². The van der Waals surface area contributed by atoms with Crippen LogP contribution in [-0.4, -0.2) is 19.6 Å². The third-order valence-electron chi connectivity index (χ3n) is 5.20. The molecule has 5 heteroatoms. The van der Waals surface area contributed by atoms with E-state index in [1.165, 1.54) is 5.57 Å². The topological polar surface area (TPSA) is 73.6 Å². The summed E-state index contributed by atoms with van der Waals surface area (Å²) in [4.78, 5) is 12.8. The van der Waals surface area contributed by atoms with E-state index in [4.69, 9.17) is 15.2 Å². The second-order valence-corrected chi connectivity index (χ2v) is 7.61. The number of methoxy groups -OCH3 is 1. The second kappa shape index (κ2) is 10.6. The molecule has 0 spiro atoms. The second-order valence-electron chi connectivity index (χ2n) is 7.61. The number of benzene rings is 2. The Morgan fingerprint density at radius 3 is 2.55 bits per heavy atom. The predicted octanol–water partition coefficient (Wildman–Crippen LogP) is 4.93. The Hall–Kier alpha value is -3.31. The molecule has 0 atom stereocenters. The quantitative estimate of drug-likeness (QED) is 0.638. The Bertz CT molecular complexity index is 1030. The Kier molecular flexibility index (Phi) is 7.68. The number of carbonyl (C=O) groups excluding carboxylic acids is 1. The van der Waals surface area contributed by atoms with Crippen LogP contribution in [0.4, 0.5) is 0 Å². The van der Waals surface area contributed by atoms with E-state index >= 15 is 0 Å². The summed E-state index contributed by atoms with van der Waals surface area (Å²) in [5.41, 5.74) is 11.7. The van der Waals surface area contributed by atoms with Gasteiger partial charge in [-0.2, -0.15) is 0 Å². The summed E-state index contributed by atoms with van der Waals surface area (Å²) in [6.07, 6.45) is 5.17. The summed E-state index contributed by atoms with van der Waals surface area (Å²) in [7, 11) is 1.67. The van der Waals surface area contributed by atoms with Gasteiger partial charge in [-0.05, 0) is 60.4 Å². The van der Waals surface area contributed by atoms with E-state index in [1.54, 1.807) is 13.2 Å². The van der Waals surface area contributed by atoms with Crippen LogP contribution in [0.15, 0.2) is 83.1 Å². The molecule has 162 valence electrons. The van der Waals surface area contributed by atoms with E-state index in [0.717, 1.165) is 34.6 Å². The fraction of sp³-hybridized carbons (Fsp3) is 0.269. The van der Waals surface area contributed by atoms with Gasteiger partial charge in [-0.15, -0.1) is 0 Å². The van der Waals surface area contributed by atoms with Crippen molar-refractivity contribution in [1.29, 1.82) is 0 Å². The van der Waals surface area contributed by atoms with Crippen molar-refractivity contribution in [2.75, 3.05) is 13.7 Å². The molecule has 0 aromatic heterocycles. The SMILES string of the molecule is CCC1=C(COC)C=CC(C(=O)NCc2cccc(Oc3cccc(C)c3)c2)=C(N)C1. The van der Waals surface area contributed by atoms with E-state index < -0.39 is 0 Å². The molecule has 2 aromatic rings. The summed E-state index contributed by atoms with van der Waals surface area (Å²) in [5.74, 6) is 1.33. The van der Waals surface area contributed by atoms with Crippen LogP contribution in [0.2, 0.25) is 0 Å². The highest BCUT2D eigenvalue weighted by atomic mass is 16.5. The molecule has 0 fully saturated rings. The Balaban J connectivity index is 1.66. The molecule has 3 N–H and O–H groups in total. The molecule has 0 radical (unpaired) electrons. The first kappa shape index (κ1) is 22.4. The lowest BCUT2D eigenvalue weighted by atomic mass is 10.0. The number of hydrogen-bond acceptors (Lipinski definition) is 4. The molecular weight excluding hydrogens is 388 g/mol. The van der Waals surface area contributed by atoms with Gasteiger partial charge >= 0.3 is 0 Å². The van der Waals surface area contributed by atoms with Crippen LogP contribution in [0.1, 0.15) is 30.9 Å². The van der Waals surface area contributed by atoms with E-state index in [1.807, 2.05) is 61.5 Å². The summed E-state index contributed by atoms with van der Waals surface area (Å²) in [6, 6.07) is 15.6. The van der Waals surface area contributed by atoms with E-state index in [2.05, 4.69) is 12.2 Å². The molecule has 1 aliphatic carbocycles. The van der Waals surface area contributed by atoms with Gasteiger partial charge < -0.3 is 20.5 Å². The number of ether oxygens (including phenoxy) is 2. The number of aryl methyl sites for hydroxylation is 1. The number of rotatable bonds is 8. The Morgan fingerprint density at radius 1 is 1.10 bits per heavy atom. The Labute approximate surface area is 184 Å². The summed E-state index contributed by atoms with van der Waals surface area (Å²) >= 11 is 0. The van der Waals surface area contributed by atoms with Crippen molar-refractivity contribution in [3.63, 3.8) is 0 Å². The van der Waals surface area contributed by atoms with Crippen molar-refractivity contribution in [3.05, 3.63) is 94.2 Å². The zero-order valence-corrected chi connectivity index (χ0v) is 18.4. The van der Waals surface area contributed by atoms with Crippen LogP contribution in [0.25, 0.3) is 0 Å². The molecule has 0 heterocycles. The monoisotopic (exact) mass is 418 g/mol.